The van der Waals surface area contributed by atoms with Crippen LogP contribution in [-0.2, 0) is 40.6 Å². The lowest BCUT2D eigenvalue weighted by molar-refractivity contribution is -0.159. The molecule has 0 amide bonds. The molecule has 1 aliphatic rings. The maximum absolute atomic E-state index is 13.5. The Morgan fingerprint density at radius 2 is 1.85 bits per heavy atom. The van der Waals surface area contributed by atoms with Crippen molar-refractivity contribution in [2.45, 2.75) is 71.3 Å². The summed E-state index contributed by atoms with van der Waals surface area (Å²) in [5.74, 6) is -0.121. The van der Waals surface area contributed by atoms with E-state index in [-0.39, 0.29) is 18.2 Å². The molecule has 0 N–H and O–H groups in total. The van der Waals surface area contributed by atoms with Crippen molar-refractivity contribution in [2.24, 2.45) is 12.5 Å². The van der Waals surface area contributed by atoms with Crippen molar-refractivity contribution in [1.29, 1.82) is 0 Å². The maximum Gasteiger partial charge on any atom is 0.307 e. The molecule has 3 aromatic rings. The van der Waals surface area contributed by atoms with Crippen molar-refractivity contribution in [3.8, 4) is 11.3 Å². The third-order valence-electron chi connectivity index (χ3n) is 6.27. The predicted octanol–water partition coefficient (Wildman–Crippen LogP) is 5.34. The fourth-order valence-corrected chi connectivity index (χ4v) is 5.56. The van der Waals surface area contributed by atoms with E-state index in [0.717, 1.165) is 35.5 Å². The Balaban J connectivity index is 1.36. The number of Topliss-reactive ketones (excluding diaryl/α,β-unsaturated/α-hetero) is 1. The van der Waals surface area contributed by atoms with Crippen LogP contribution < -0.4 is 0 Å². The molecule has 7 heteroatoms. The van der Waals surface area contributed by atoms with Gasteiger partial charge >= 0.3 is 5.97 Å². The van der Waals surface area contributed by atoms with E-state index in [1.807, 2.05) is 52.3 Å². The van der Waals surface area contributed by atoms with E-state index >= 15 is 0 Å². The minimum absolute atomic E-state index is 0.138. The van der Waals surface area contributed by atoms with Crippen LogP contribution in [0.5, 0.6) is 0 Å². The molecule has 4 rings (SSSR count). The summed E-state index contributed by atoms with van der Waals surface area (Å²) in [4.78, 5) is 31.0. The van der Waals surface area contributed by atoms with Crippen LogP contribution in [0.2, 0.25) is 0 Å². The number of benzene rings is 1. The Morgan fingerprint density at radius 3 is 2.47 bits per heavy atom. The number of hydrogen-bond donors (Lipinski definition) is 0. The van der Waals surface area contributed by atoms with E-state index in [0.29, 0.717) is 19.3 Å². The van der Waals surface area contributed by atoms with Gasteiger partial charge in [0.25, 0.3) is 0 Å². The Morgan fingerprint density at radius 1 is 1.15 bits per heavy atom. The van der Waals surface area contributed by atoms with Gasteiger partial charge in [0.2, 0.25) is 0 Å². The van der Waals surface area contributed by atoms with Crippen molar-refractivity contribution in [2.75, 3.05) is 0 Å². The van der Waals surface area contributed by atoms with Gasteiger partial charge in [-0.05, 0) is 64.0 Å². The Bertz CT molecular complexity index is 1150. The molecular formula is C27H33N3O3S. The molecule has 2 aromatic heterocycles. The predicted molar refractivity (Wildman–Crippen MR) is 134 cm³/mol. The van der Waals surface area contributed by atoms with Crippen LogP contribution in [-0.4, -0.2) is 32.1 Å². The number of ether oxygens (including phenoxy) is 1. The van der Waals surface area contributed by atoms with E-state index in [2.05, 4.69) is 22.6 Å². The van der Waals surface area contributed by atoms with Crippen molar-refractivity contribution in [1.82, 2.24) is 14.8 Å². The van der Waals surface area contributed by atoms with Crippen LogP contribution >= 0.6 is 11.3 Å². The summed E-state index contributed by atoms with van der Waals surface area (Å²) in [5.41, 5.74) is 3.06. The maximum atomic E-state index is 13.5. The number of aromatic nitrogens is 3. The van der Waals surface area contributed by atoms with Crippen molar-refractivity contribution < 1.29 is 14.3 Å². The summed E-state index contributed by atoms with van der Waals surface area (Å²) in [6.45, 7) is 5.59. The first-order valence-electron chi connectivity index (χ1n) is 11.9. The third kappa shape index (κ3) is 5.81. The molecule has 0 aliphatic heterocycles. The molecule has 180 valence electrons. The van der Waals surface area contributed by atoms with Gasteiger partial charge in [-0.1, -0.05) is 24.3 Å². The fourth-order valence-electron chi connectivity index (χ4n) is 4.71. The quantitative estimate of drug-likeness (QED) is 0.306. The van der Waals surface area contributed by atoms with E-state index in [1.54, 1.807) is 16.0 Å². The number of esters is 1. The highest BCUT2D eigenvalue weighted by Gasteiger charge is 2.45. The smallest absolute Gasteiger partial charge is 0.307 e. The zero-order valence-corrected chi connectivity index (χ0v) is 21.3. The van der Waals surface area contributed by atoms with E-state index in [1.165, 1.54) is 11.1 Å². The number of hydrogen-bond acceptors (Lipinski definition) is 6. The van der Waals surface area contributed by atoms with Crippen LogP contribution in [0.3, 0.4) is 0 Å². The lowest BCUT2D eigenvalue weighted by atomic mass is 9.75. The van der Waals surface area contributed by atoms with Crippen LogP contribution in [0.1, 0.15) is 62.6 Å². The number of fused-ring (bicyclic) bond motifs is 1. The molecule has 0 atom stereocenters. The zero-order chi connectivity index (χ0) is 24.3. The van der Waals surface area contributed by atoms with E-state index in [4.69, 9.17) is 9.72 Å². The molecule has 0 unspecified atom stereocenters. The van der Waals surface area contributed by atoms with Crippen LogP contribution in [0.25, 0.3) is 11.3 Å². The number of rotatable bonds is 9. The van der Waals surface area contributed by atoms with Gasteiger partial charge in [-0.3, -0.25) is 14.3 Å². The Labute approximate surface area is 205 Å². The van der Waals surface area contributed by atoms with Gasteiger partial charge in [-0.2, -0.15) is 5.10 Å². The molecule has 2 heterocycles. The second-order valence-electron chi connectivity index (χ2n) is 10.3. The van der Waals surface area contributed by atoms with Crippen molar-refractivity contribution >= 4 is 23.1 Å². The first kappa shape index (κ1) is 24.3. The number of carbonyl (C=O) groups is 2. The molecule has 0 saturated heterocycles. The number of aryl methyl sites for hydroxylation is 2. The van der Waals surface area contributed by atoms with E-state index < -0.39 is 11.0 Å². The minimum atomic E-state index is -0.694. The van der Waals surface area contributed by atoms with Crippen LogP contribution in [0.4, 0.5) is 0 Å². The van der Waals surface area contributed by atoms with Gasteiger partial charge in [0, 0.05) is 36.0 Å². The van der Waals surface area contributed by atoms with Crippen molar-refractivity contribution in [3.63, 3.8) is 0 Å². The molecule has 34 heavy (non-hydrogen) atoms. The summed E-state index contributed by atoms with van der Waals surface area (Å²) >= 11 is 1.65. The molecule has 1 aliphatic carbocycles. The number of unbranched alkanes of at least 4 members (excludes halogenated alkanes) is 1. The number of carbonyl (C=O) groups excluding carboxylic acids is 2. The normalized spacial score (nSPS) is 14.7. The van der Waals surface area contributed by atoms with Gasteiger partial charge in [-0.25, -0.2) is 4.98 Å². The summed E-state index contributed by atoms with van der Waals surface area (Å²) in [7, 11) is 1.90. The molecule has 0 spiro atoms. The van der Waals surface area contributed by atoms with Gasteiger partial charge in [0.05, 0.1) is 23.3 Å². The molecule has 0 bridgehead atoms. The first-order chi connectivity index (χ1) is 16.1. The molecule has 0 radical (unpaired) electrons. The molecule has 1 aromatic carbocycles. The van der Waals surface area contributed by atoms with Gasteiger partial charge in [0.15, 0.2) is 0 Å². The van der Waals surface area contributed by atoms with Crippen LogP contribution in [0, 0.1) is 5.41 Å². The molecule has 0 fully saturated rings. The lowest BCUT2D eigenvalue weighted by Gasteiger charge is -2.29. The summed E-state index contributed by atoms with van der Waals surface area (Å²) in [6, 6.07) is 8.14. The minimum Gasteiger partial charge on any atom is -0.460 e. The van der Waals surface area contributed by atoms with E-state index in [9.17, 15) is 9.59 Å². The van der Waals surface area contributed by atoms with Gasteiger partial charge in [-0.15, -0.1) is 11.3 Å². The summed E-state index contributed by atoms with van der Waals surface area (Å²) in [5, 5.41) is 7.34. The fraction of sp³-hybridized carbons (Fsp3) is 0.481. The average molecular weight is 480 g/mol. The highest BCUT2D eigenvalue weighted by atomic mass is 32.1. The largest absolute Gasteiger partial charge is 0.460 e. The van der Waals surface area contributed by atoms with Crippen LogP contribution in [0.15, 0.2) is 42.0 Å². The topological polar surface area (TPSA) is 74.1 Å². The number of nitrogens with zero attached hydrogens (tertiary/aromatic N) is 3. The van der Waals surface area contributed by atoms with Gasteiger partial charge < -0.3 is 4.74 Å². The second kappa shape index (κ2) is 9.82. The van der Waals surface area contributed by atoms with Crippen molar-refractivity contribution in [3.05, 3.63) is 58.2 Å². The second-order valence-corrected chi connectivity index (χ2v) is 11.3. The molecule has 6 nitrogen and oxygen atoms in total. The summed E-state index contributed by atoms with van der Waals surface area (Å²) < 4.78 is 7.37. The van der Waals surface area contributed by atoms with Gasteiger partial charge in [0.1, 0.15) is 11.4 Å². The highest BCUT2D eigenvalue weighted by Crippen LogP contribution is 2.42. The Kier molecular flexibility index (Phi) is 7.03. The molecular weight excluding hydrogens is 446 g/mol. The highest BCUT2D eigenvalue weighted by molar-refractivity contribution is 7.09. The SMILES string of the molecule is Cn1cc(-c2csc(CCCCC(=O)C3(CC(=O)OC(C)(C)C)Cc4ccccc4C3)n2)cn1. The first-order valence-corrected chi connectivity index (χ1v) is 12.8. The zero-order valence-electron chi connectivity index (χ0n) is 20.5. The molecule has 0 saturated carbocycles. The Hall–Kier alpha value is -2.80. The number of thiazole rings is 1. The number of ketones is 1. The monoisotopic (exact) mass is 479 g/mol. The standard InChI is InChI=1S/C27H33N3O3S/c1-26(2,3)33-25(32)15-27(13-19-9-5-6-10-20(19)14-27)23(31)11-7-8-12-24-29-22(18-34-24)21-16-28-30(4)17-21/h5-6,9-10,16-18H,7-8,11-15H2,1-4H3. The summed E-state index contributed by atoms with van der Waals surface area (Å²) in [6.07, 6.45) is 8.13. The lowest BCUT2D eigenvalue weighted by Crippen LogP contribution is -2.37. The average Bonchev–Trinajstić information content (AvgIpc) is 3.47. The third-order valence-corrected chi connectivity index (χ3v) is 7.18.